The van der Waals surface area contributed by atoms with Crippen molar-refractivity contribution >= 4 is 5.91 Å². The fourth-order valence-electron chi connectivity index (χ4n) is 1.93. The predicted octanol–water partition coefficient (Wildman–Crippen LogP) is 2.43. The number of benzene rings is 1. The van der Waals surface area contributed by atoms with Crippen LogP contribution in [0.3, 0.4) is 0 Å². The topological polar surface area (TPSA) is 77.2 Å². The van der Waals surface area contributed by atoms with Gasteiger partial charge in [-0.05, 0) is 44.0 Å². The first-order valence-corrected chi connectivity index (χ1v) is 7.58. The van der Waals surface area contributed by atoms with E-state index >= 15 is 0 Å². The number of nitrogens with one attached hydrogen (secondary N) is 1. The van der Waals surface area contributed by atoms with Crippen molar-refractivity contribution in [1.29, 1.82) is 0 Å². The Morgan fingerprint density at radius 1 is 1.30 bits per heavy atom. The van der Waals surface area contributed by atoms with Crippen LogP contribution in [0.2, 0.25) is 0 Å². The highest BCUT2D eigenvalue weighted by Gasteiger charge is 2.06. The van der Waals surface area contributed by atoms with Gasteiger partial charge in [0, 0.05) is 19.4 Å². The third kappa shape index (κ3) is 6.46. The zero-order chi connectivity index (χ0) is 16.5. The molecule has 6 nitrogen and oxygen atoms in total. The van der Waals surface area contributed by atoms with Gasteiger partial charge in [-0.25, -0.2) is 4.39 Å². The molecule has 0 saturated carbocycles. The van der Waals surface area contributed by atoms with E-state index in [2.05, 4.69) is 15.5 Å². The van der Waals surface area contributed by atoms with Crippen LogP contribution < -0.4 is 10.1 Å². The van der Waals surface area contributed by atoms with Crippen molar-refractivity contribution in [3.8, 4) is 5.75 Å². The van der Waals surface area contributed by atoms with E-state index in [0.29, 0.717) is 43.5 Å². The second-order valence-corrected chi connectivity index (χ2v) is 5.09. The summed E-state index contributed by atoms with van der Waals surface area (Å²) in [6.07, 6.45) is 2.39. The second kappa shape index (κ2) is 8.87. The summed E-state index contributed by atoms with van der Waals surface area (Å²) < 4.78 is 23.1. The van der Waals surface area contributed by atoms with Gasteiger partial charge in [-0.1, -0.05) is 5.16 Å². The van der Waals surface area contributed by atoms with E-state index in [4.69, 9.17) is 9.26 Å². The molecule has 124 valence electrons. The Balaban J connectivity index is 1.49. The maximum atomic E-state index is 12.7. The van der Waals surface area contributed by atoms with Crippen molar-refractivity contribution < 1.29 is 18.4 Å². The molecule has 0 saturated heterocycles. The first-order valence-electron chi connectivity index (χ1n) is 7.58. The molecular weight excluding hydrogens is 301 g/mol. The Kier molecular flexibility index (Phi) is 6.53. The van der Waals surface area contributed by atoms with Crippen LogP contribution in [0, 0.1) is 12.7 Å². The van der Waals surface area contributed by atoms with Crippen molar-refractivity contribution in [3.63, 3.8) is 0 Å². The van der Waals surface area contributed by atoms with Gasteiger partial charge in [0.2, 0.25) is 11.8 Å². The lowest BCUT2D eigenvalue weighted by atomic mass is 10.2. The Morgan fingerprint density at radius 3 is 2.78 bits per heavy atom. The molecule has 7 heteroatoms. The minimum absolute atomic E-state index is 0.0414. The van der Waals surface area contributed by atoms with Gasteiger partial charge in [-0.15, -0.1) is 0 Å². The molecule has 0 fully saturated rings. The van der Waals surface area contributed by atoms with Crippen LogP contribution in [0.25, 0.3) is 0 Å². The molecule has 1 aromatic carbocycles. The molecule has 2 aromatic rings. The number of unbranched alkanes of at least 4 members (excludes halogenated alkanes) is 1. The normalized spacial score (nSPS) is 10.5. The minimum atomic E-state index is -0.282. The molecule has 1 heterocycles. The zero-order valence-corrected chi connectivity index (χ0v) is 13.0. The molecule has 2 rings (SSSR count). The Labute approximate surface area is 134 Å². The number of hydrogen-bond donors (Lipinski definition) is 1. The van der Waals surface area contributed by atoms with E-state index in [1.807, 2.05) is 0 Å². The van der Waals surface area contributed by atoms with Crippen LogP contribution in [0.15, 0.2) is 28.8 Å². The van der Waals surface area contributed by atoms with E-state index in [1.165, 1.54) is 12.1 Å². The molecule has 23 heavy (non-hydrogen) atoms. The van der Waals surface area contributed by atoms with Gasteiger partial charge < -0.3 is 14.6 Å². The summed E-state index contributed by atoms with van der Waals surface area (Å²) >= 11 is 0. The van der Waals surface area contributed by atoms with Crippen LogP contribution in [0.1, 0.15) is 31.0 Å². The number of aromatic nitrogens is 2. The summed E-state index contributed by atoms with van der Waals surface area (Å²) in [5, 5.41) is 6.50. The SMILES string of the molecule is Cc1noc(CCC(=O)NCCCCOc2ccc(F)cc2)n1. The lowest BCUT2D eigenvalue weighted by Crippen LogP contribution is -2.25. The number of aryl methyl sites for hydroxylation is 2. The number of ether oxygens (including phenoxy) is 1. The van der Waals surface area contributed by atoms with Gasteiger partial charge in [0.25, 0.3) is 0 Å². The summed E-state index contributed by atoms with van der Waals surface area (Å²) in [6.45, 7) is 2.86. The smallest absolute Gasteiger partial charge is 0.227 e. The number of carbonyl (C=O) groups is 1. The maximum absolute atomic E-state index is 12.7. The molecule has 0 spiro atoms. The van der Waals surface area contributed by atoms with Crippen molar-refractivity contribution in [3.05, 3.63) is 41.8 Å². The highest BCUT2D eigenvalue weighted by molar-refractivity contribution is 5.75. The number of halogens is 1. The van der Waals surface area contributed by atoms with Crippen molar-refractivity contribution in [1.82, 2.24) is 15.5 Å². The Hall–Kier alpha value is -2.44. The van der Waals surface area contributed by atoms with Gasteiger partial charge >= 0.3 is 0 Å². The minimum Gasteiger partial charge on any atom is -0.494 e. The maximum Gasteiger partial charge on any atom is 0.227 e. The fraction of sp³-hybridized carbons (Fsp3) is 0.438. The second-order valence-electron chi connectivity index (χ2n) is 5.09. The molecular formula is C16H20FN3O3. The lowest BCUT2D eigenvalue weighted by Gasteiger charge is -2.07. The zero-order valence-electron chi connectivity index (χ0n) is 13.0. The molecule has 0 atom stereocenters. The molecule has 0 unspecified atom stereocenters. The molecule has 0 aliphatic carbocycles. The van der Waals surface area contributed by atoms with Crippen LogP contribution >= 0.6 is 0 Å². The molecule has 0 bridgehead atoms. The van der Waals surface area contributed by atoms with E-state index in [-0.39, 0.29) is 11.7 Å². The number of carbonyl (C=O) groups excluding carboxylic acids is 1. The van der Waals surface area contributed by atoms with Gasteiger partial charge in [0.1, 0.15) is 11.6 Å². The summed E-state index contributed by atoms with van der Waals surface area (Å²) in [4.78, 5) is 15.7. The summed E-state index contributed by atoms with van der Waals surface area (Å²) in [6, 6.07) is 5.91. The van der Waals surface area contributed by atoms with Gasteiger partial charge in [-0.3, -0.25) is 4.79 Å². The van der Waals surface area contributed by atoms with Crippen molar-refractivity contribution in [2.24, 2.45) is 0 Å². The van der Waals surface area contributed by atoms with E-state index in [1.54, 1.807) is 19.1 Å². The van der Waals surface area contributed by atoms with E-state index < -0.39 is 0 Å². The fourth-order valence-corrected chi connectivity index (χ4v) is 1.93. The number of rotatable bonds is 9. The molecule has 0 radical (unpaired) electrons. The highest BCUT2D eigenvalue weighted by Crippen LogP contribution is 2.11. The van der Waals surface area contributed by atoms with Gasteiger partial charge in [0.05, 0.1) is 6.61 Å². The van der Waals surface area contributed by atoms with E-state index in [9.17, 15) is 9.18 Å². The molecule has 0 aliphatic heterocycles. The predicted molar refractivity (Wildman–Crippen MR) is 81.5 cm³/mol. The van der Waals surface area contributed by atoms with Crippen molar-refractivity contribution in [2.45, 2.75) is 32.6 Å². The average molecular weight is 321 g/mol. The molecule has 1 N–H and O–H groups in total. The monoisotopic (exact) mass is 321 g/mol. The largest absolute Gasteiger partial charge is 0.494 e. The molecule has 1 amide bonds. The van der Waals surface area contributed by atoms with Crippen molar-refractivity contribution in [2.75, 3.05) is 13.2 Å². The third-order valence-corrected chi connectivity index (χ3v) is 3.11. The summed E-state index contributed by atoms with van der Waals surface area (Å²) in [5.74, 6) is 1.37. The lowest BCUT2D eigenvalue weighted by molar-refractivity contribution is -0.121. The number of amides is 1. The van der Waals surface area contributed by atoms with E-state index in [0.717, 1.165) is 12.8 Å². The first kappa shape index (κ1) is 16.9. The van der Waals surface area contributed by atoms with Gasteiger partial charge in [0.15, 0.2) is 5.82 Å². The van der Waals surface area contributed by atoms with Gasteiger partial charge in [-0.2, -0.15) is 4.98 Å². The highest BCUT2D eigenvalue weighted by atomic mass is 19.1. The third-order valence-electron chi connectivity index (χ3n) is 3.11. The number of nitrogens with zero attached hydrogens (tertiary/aromatic N) is 2. The first-order chi connectivity index (χ1) is 11.1. The molecule has 1 aromatic heterocycles. The standard InChI is InChI=1S/C16H20FN3O3/c1-12-19-16(23-20-12)9-8-15(21)18-10-2-3-11-22-14-6-4-13(17)5-7-14/h4-7H,2-3,8-11H2,1H3,(H,18,21). The van der Waals surface area contributed by atoms with Crippen LogP contribution in [0.5, 0.6) is 5.75 Å². The molecule has 0 aliphatic rings. The van der Waals surface area contributed by atoms with Crippen LogP contribution in [-0.4, -0.2) is 29.2 Å². The van der Waals surface area contributed by atoms with Crippen LogP contribution in [-0.2, 0) is 11.2 Å². The van der Waals surface area contributed by atoms with Crippen LogP contribution in [0.4, 0.5) is 4.39 Å². The summed E-state index contributed by atoms with van der Waals surface area (Å²) in [5.41, 5.74) is 0. The Morgan fingerprint density at radius 2 is 2.09 bits per heavy atom. The quantitative estimate of drug-likeness (QED) is 0.718. The summed E-state index contributed by atoms with van der Waals surface area (Å²) in [7, 11) is 0. The number of hydrogen-bond acceptors (Lipinski definition) is 5. The average Bonchev–Trinajstić information content (AvgIpc) is 2.96. The Bertz CT molecular complexity index is 613.